The van der Waals surface area contributed by atoms with E-state index in [1.165, 1.54) is 7.11 Å². The van der Waals surface area contributed by atoms with E-state index in [1.54, 1.807) is 12.1 Å². The second kappa shape index (κ2) is 8.02. The van der Waals surface area contributed by atoms with Crippen LogP contribution >= 0.6 is 0 Å². The molecule has 0 saturated heterocycles. The number of methoxy groups -OCH3 is 1. The number of aryl methyl sites for hydroxylation is 1. The van der Waals surface area contributed by atoms with Gasteiger partial charge in [-0.1, -0.05) is 19.4 Å². The molecule has 0 aliphatic heterocycles. The van der Waals surface area contributed by atoms with Crippen LogP contribution < -0.4 is 4.74 Å². The van der Waals surface area contributed by atoms with Gasteiger partial charge in [-0.25, -0.2) is 0 Å². The molecule has 0 spiro atoms. The molecule has 0 fully saturated rings. The van der Waals surface area contributed by atoms with Crippen LogP contribution in [0.2, 0.25) is 0 Å². The molecule has 0 heterocycles. The van der Waals surface area contributed by atoms with Gasteiger partial charge in [0.25, 0.3) is 0 Å². The Labute approximate surface area is 114 Å². The van der Waals surface area contributed by atoms with Crippen molar-refractivity contribution in [3.05, 3.63) is 23.8 Å². The van der Waals surface area contributed by atoms with Gasteiger partial charge in [0.1, 0.15) is 0 Å². The average molecular weight is 268 g/mol. The van der Waals surface area contributed by atoms with Crippen LogP contribution in [0.3, 0.4) is 0 Å². The minimum atomic E-state index is -0.499. The minimum absolute atomic E-state index is 0.116. The van der Waals surface area contributed by atoms with E-state index in [9.17, 15) is 15.3 Å². The molecule has 2 atom stereocenters. The fourth-order valence-corrected chi connectivity index (χ4v) is 2.09. The Balaban J connectivity index is 2.43. The zero-order valence-corrected chi connectivity index (χ0v) is 11.7. The fourth-order valence-electron chi connectivity index (χ4n) is 2.09. The van der Waals surface area contributed by atoms with E-state index in [1.807, 2.05) is 13.0 Å². The largest absolute Gasteiger partial charge is 0.504 e. The molecule has 1 rings (SSSR count). The second-order valence-electron chi connectivity index (χ2n) is 4.88. The third kappa shape index (κ3) is 5.49. The summed E-state index contributed by atoms with van der Waals surface area (Å²) in [6.45, 7) is 2.01. The summed E-state index contributed by atoms with van der Waals surface area (Å²) in [5.41, 5.74) is 0.999. The third-order valence-corrected chi connectivity index (χ3v) is 3.18. The molecule has 0 saturated carbocycles. The lowest BCUT2D eigenvalue weighted by Crippen LogP contribution is -2.18. The van der Waals surface area contributed by atoms with Crippen molar-refractivity contribution in [2.24, 2.45) is 0 Å². The molecular formula is C15H24O4. The Kier molecular flexibility index (Phi) is 6.67. The van der Waals surface area contributed by atoms with Crippen molar-refractivity contribution >= 4 is 0 Å². The highest BCUT2D eigenvalue weighted by Gasteiger charge is 2.12. The molecule has 0 unspecified atom stereocenters. The first-order chi connectivity index (χ1) is 9.06. The topological polar surface area (TPSA) is 69.9 Å². The van der Waals surface area contributed by atoms with Gasteiger partial charge in [0, 0.05) is 0 Å². The molecular weight excluding hydrogens is 244 g/mol. The maximum Gasteiger partial charge on any atom is 0.160 e. The third-order valence-electron chi connectivity index (χ3n) is 3.18. The van der Waals surface area contributed by atoms with Crippen LogP contribution in [-0.2, 0) is 6.42 Å². The molecule has 1 aromatic carbocycles. The molecule has 108 valence electrons. The summed E-state index contributed by atoms with van der Waals surface area (Å²) in [7, 11) is 1.51. The Hall–Kier alpha value is -1.26. The summed E-state index contributed by atoms with van der Waals surface area (Å²) in [5, 5.41) is 29.0. The molecule has 4 nitrogen and oxygen atoms in total. The normalized spacial score (nSPS) is 14.1. The van der Waals surface area contributed by atoms with Gasteiger partial charge in [0.15, 0.2) is 11.5 Å². The van der Waals surface area contributed by atoms with E-state index in [0.717, 1.165) is 18.4 Å². The lowest BCUT2D eigenvalue weighted by molar-refractivity contribution is 0.0708. The number of hydrogen-bond acceptors (Lipinski definition) is 4. The van der Waals surface area contributed by atoms with Gasteiger partial charge in [-0.3, -0.25) is 0 Å². The molecule has 0 bridgehead atoms. The second-order valence-corrected chi connectivity index (χ2v) is 4.88. The van der Waals surface area contributed by atoms with Crippen molar-refractivity contribution in [1.82, 2.24) is 0 Å². The monoisotopic (exact) mass is 268 g/mol. The number of ether oxygens (including phenoxy) is 1. The Morgan fingerprint density at radius 1 is 1.16 bits per heavy atom. The van der Waals surface area contributed by atoms with E-state index in [0.29, 0.717) is 25.0 Å². The van der Waals surface area contributed by atoms with Gasteiger partial charge in [0.2, 0.25) is 0 Å². The molecule has 0 amide bonds. The van der Waals surface area contributed by atoms with Crippen LogP contribution in [0, 0.1) is 0 Å². The van der Waals surface area contributed by atoms with Gasteiger partial charge < -0.3 is 20.1 Å². The highest BCUT2D eigenvalue weighted by molar-refractivity contribution is 5.41. The minimum Gasteiger partial charge on any atom is -0.504 e. The predicted octanol–water partition coefficient (Wildman–Crippen LogP) is 2.25. The summed E-state index contributed by atoms with van der Waals surface area (Å²) in [6.07, 6.45) is 2.43. The van der Waals surface area contributed by atoms with Crippen molar-refractivity contribution in [3.8, 4) is 11.5 Å². The number of rotatable bonds is 8. The molecule has 19 heavy (non-hydrogen) atoms. The van der Waals surface area contributed by atoms with E-state index in [-0.39, 0.29) is 5.75 Å². The number of phenolic OH excluding ortho intramolecular Hbond substituents is 1. The lowest BCUT2D eigenvalue weighted by Gasteiger charge is -2.15. The highest BCUT2D eigenvalue weighted by Crippen LogP contribution is 2.27. The van der Waals surface area contributed by atoms with Crippen molar-refractivity contribution < 1.29 is 20.1 Å². The van der Waals surface area contributed by atoms with Crippen LogP contribution in [0.1, 0.15) is 38.2 Å². The van der Waals surface area contributed by atoms with Gasteiger partial charge >= 0.3 is 0 Å². The quantitative estimate of drug-likeness (QED) is 0.676. The Bertz CT molecular complexity index is 378. The van der Waals surface area contributed by atoms with Crippen LogP contribution in [0.5, 0.6) is 11.5 Å². The van der Waals surface area contributed by atoms with Crippen LogP contribution in [0.4, 0.5) is 0 Å². The SMILES string of the molecule is CCC[C@@H](O)C[C@@H](O)CCc1ccc(O)c(OC)c1. The van der Waals surface area contributed by atoms with Crippen LogP contribution in [0.25, 0.3) is 0 Å². The summed E-state index contributed by atoms with van der Waals surface area (Å²) in [5.74, 6) is 0.558. The maximum absolute atomic E-state index is 9.85. The molecule has 4 heteroatoms. The standard InChI is InChI=1S/C15H24O4/c1-3-4-12(16)10-13(17)7-5-11-6-8-14(18)15(9-11)19-2/h6,8-9,12-13,16-18H,3-5,7,10H2,1-2H3/t12-,13+/m1/s1. The first-order valence-electron chi connectivity index (χ1n) is 6.78. The fraction of sp³-hybridized carbons (Fsp3) is 0.600. The predicted molar refractivity (Wildman–Crippen MR) is 74.5 cm³/mol. The molecule has 0 radical (unpaired) electrons. The molecule has 0 aliphatic carbocycles. The van der Waals surface area contributed by atoms with E-state index >= 15 is 0 Å². The van der Waals surface area contributed by atoms with Crippen molar-refractivity contribution in [1.29, 1.82) is 0 Å². The van der Waals surface area contributed by atoms with Crippen molar-refractivity contribution in [3.63, 3.8) is 0 Å². The van der Waals surface area contributed by atoms with Gasteiger partial charge in [-0.2, -0.15) is 0 Å². The van der Waals surface area contributed by atoms with E-state index in [2.05, 4.69) is 0 Å². The van der Waals surface area contributed by atoms with Gasteiger partial charge in [0.05, 0.1) is 19.3 Å². The van der Waals surface area contributed by atoms with Crippen molar-refractivity contribution in [2.75, 3.05) is 7.11 Å². The summed E-state index contributed by atoms with van der Waals surface area (Å²) >= 11 is 0. The van der Waals surface area contributed by atoms with Gasteiger partial charge in [-0.15, -0.1) is 0 Å². The van der Waals surface area contributed by atoms with E-state index < -0.39 is 12.2 Å². The number of phenols is 1. The van der Waals surface area contributed by atoms with E-state index in [4.69, 9.17) is 4.74 Å². The summed E-state index contributed by atoms with van der Waals surface area (Å²) in [6, 6.07) is 5.17. The molecule has 0 aromatic heterocycles. The average Bonchev–Trinajstić information content (AvgIpc) is 2.38. The number of aliphatic hydroxyl groups is 2. The van der Waals surface area contributed by atoms with Crippen LogP contribution in [0.15, 0.2) is 18.2 Å². The first-order valence-corrected chi connectivity index (χ1v) is 6.78. The summed E-state index contributed by atoms with van der Waals surface area (Å²) in [4.78, 5) is 0. The zero-order valence-electron chi connectivity index (χ0n) is 11.7. The molecule has 0 aliphatic rings. The Morgan fingerprint density at radius 2 is 1.84 bits per heavy atom. The number of aliphatic hydroxyl groups excluding tert-OH is 2. The molecule has 3 N–H and O–H groups in total. The van der Waals surface area contributed by atoms with Crippen LogP contribution in [-0.4, -0.2) is 34.6 Å². The number of aromatic hydroxyl groups is 1. The van der Waals surface area contributed by atoms with Gasteiger partial charge in [-0.05, 0) is 43.4 Å². The van der Waals surface area contributed by atoms with Crippen molar-refractivity contribution in [2.45, 2.75) is 51.2 Å². The highest BCUT2D eigenvalue weighted by atomic mass is 16.5. The molecule has 1 aromatic rings. The number of hydrogen-bond donors (Lipinski definition) is 3. The Morgan fingerprint density at radius 3 is 2.47 bits per heavy atom. The lowest BCUT2D eigenvalue weighted by atomic mass is 10.0. The first kappa shape index (κ1) is 15.8. The zero-order chi connectivity index (χ0) is 14.3. The smallest absolute Gasteiger partial charge is 0.160 e. The number of benzene rings is 1. The summed E-state index contributed by atoms with van der Waals surface area (Å²) < 4.78 is 5.04. The maximum atomic E-state index is 9.85.